The highest BCUT2D eigenvalue weighted by molar-refractivity contribution is 6.04. The lowest BCUT2D eigenvalue weighted by Gasteiger charge is -2.23. The van der Waals surface area contributed by atoms with Gasteiger partial charge in [-0.3, -0.25) is 9.36 Å². The molecule has 0 amide bonds. The van der Waals surface area contributed by atoms with E-state index >= 15 is 0 Å². The minimum atomic E-state index is -0.0281. The van der Waals surface area contributed by atoms with Gasteiger partial charge < -0.3 is 8.98 Å². The Labute approximate surface area is 172 Å². The van der Waals surface area contributed by atoms with Crippen LogP contribution in [0.2, 0.25) is 0 Å². The van der Waals surface area contributed by atoms with Crippen LogP contribution in [-0.2, 0) is 6.54 Å². The number of fused-ring (bicyclic) bond motifs is 4. The van der Waals surface area contributed by atoms with Crippen LogP contribution in [-0.4, -0.2) is 24.1 Å². The van der Waals surface area contributed by atoms with Gasteiger partial charge >= 0.3 is 0 Å². The molecule has 5 aromatic rings. The molecule has 0 N–H and O–H groups in total. The van der Waals surface area contributed by atoms with Gasteiger partial charge in [-0.05, 0) is 37.1 Å². The molecule has 4 aromatic heterocycles. The van der Waals surface area contributed by atoms with Gasteiger partial charge in [0.25, 0.3) is 5.56 Å². The predicted octanol–water partition coefficient (Wildman–Crippen LogP) is 4.44. The molecular weight excluding hydrogens is 378 g/mol. The first kappa shape index (κ1) is 17.4. The van der Waals surface area contributed by atoms with Crippen LogP contribution < -0.4 is 5.56 Å². The molecule has 0 bridgehead atoms. The number of hydrogen-bond donors (Lipinski definition) is 0. The lowest BCUT2D eigenvalue weighted by atomic mass is 9.95. The average molecular weight is 399 g/mol. The first-order chi connectivity index (χ1) is 14.8. The van der Waals surface area contributed by atoms with E-state index in [9.17, 15) is 4.79 Å². The Bertz CT molecular complexity index is 1430. The molecule has 1 aliphatic carbocycles. The summed E-state index contributed by atoms with van der Waals surface area (Å²) < 4.78 is 9.32. The number of para-hydroxylation sites is 2. The first-order valence-corrected chi connectivity index (χ1v) is 10.5. The van der Waals surface area contributed by atoms with Crippen LogP contribution in [0.15, 0.2) is 58.2 Å². The van der Waals surface area contributed by atoms with E-state index in [1.54, 1.807) is 12.6 Å². The van der Waals surface area contributed by atoms with Crippen LogP contribution in [0.1, 0.15) is 43.9 Å². The van der Waals surface area contributed by atoms with Crippen molar-refractivity contribution in [2.24, 2.45) is 0 Å². The van der Waals surface area contributed by atoms with Gasteiger partial charge in [-0.2, -0.15) is 0 Å². The Morgan fingerprint density at radius 2 is 1.77 bits per heavy atom. The van der Waals surface area contributed by atoms with Crippen LogP contribution in [0.4, 0.5) is 0 Å². The molecule has 6 rings (SSSR count). The van der Waals surface area contributed by atoms with E-state index < -0.39 is 0 Å². The number of aromatic nitrogens is 5. The van der Waals surface area contributed by atoms with Gasteiger partial charge in [0.15, 0.2) is 11.3 Å². The Balaban J connectivity index is 1.67. The molecule has 0 atom stereocenters. The van der Waals surface area contributed by atoms with Crippen molar-refractivity contribution in [3.8, 4) is 0 Å². The van der Waals surface area contributed by atoms with Crippen molar-refractivity contribution in [2.75, 3.05) is 0 Å². The summed E-state index contributed by atoms with van der Waals surface area (Å²) in [6, 6.07) is 11.7. The molecule has 0 radical (unpaired) electrons. The molecule has 1 fully saturated rings. The molecule has 7 nitrogen and oxygen atoms in total. The molecule has 7 heteroatoms. The molecule has 0 aliphatic heterocycles. The second-order valence-corrected chi connectivity index (χ2v) is 8.00. The Kier molecular flexibility index (Phi) is 3.94. The highest BCUT2D eigenvalue weighted by atomic mass is 16.3. The molecule has 0 unspecified atom stereocenters. The highest BCUT2D eigenvalue weighted by Crippen LogP contribution is 2.29. The zero-order valence-electron chi connectivity index (χ0n) is 16.5. The SMILES string of the molecule is O=c1c2c3nc4ccccc4nc3n(Cc3ccco3)c2ncn1C1CCCCC1. The van der Waals surface area contributed by atoms with E-state index in [2.05, 4.69) is 0 Å². The fourth-order valence-corrected chi connectivity index (χ4v) is 4.64. The summed E-state index contributed by atoms with van der Waals surface area (Å²) in [6.07, 6.45) is 8.94. The topological polar surface area (TPSA) is 78.7 Å². The fraction of sp³-hybridized carbons (Fsp3) is 0.304. The molecule has 4 heterocycles. The van der Waals surface area contributed by atoms with Gasteiger partial charge in [-0.25, -0.2) is 15.0 Å². The minimum Gasteiger partial charge on any atom is -0.467 e. The van der Waals surface area contributed by atoms with Crippen molar-refractivity contribution >= 4 is 33.2 Å². The molecule has 30 heavy (non-hydrogen) atoms. The summed E-state index contributed by atoms with van der Waals surface area (Å²) in [7, 11) is 0. The van der Waals surface area contributed by atoms with E-state index in [-0.39, 0.29) is 11.6 Å². The van der Waals surface area contributed by atoms with Gasteiger partial charge in [0, 0.05) is 6.04 Å². The monoisotopic (exact) mass is 399 g/mol. The zero-order chi connectivity index (χ0) is 20.1. The van der Waals surface area contributed by atoms with Crippen LogP contribution in [0, 0.1) is 0 Å². The predicted molar refractivity (Wildman–Crippen MR) is 115 cm³/mol. The molecule has 0 spiro atoms. The van der Waals surface area contributed by atoms with Crippen LogP contribution in [0.3, 0.4) is 0 Å². The largest absolute Gasteiger partial charge is 0.467 e. The van der Waals surface area contributed by atoms with Crippen LogP contribution in [0.5, 0.6) is 0 Å². The van der Waals surface area contributed by atoms with Crippen LogP contribution in [0.25, 0.3) is 33.2 Å². The Morgan fingerprint density at radius 3 is 2.53 bits per heavy atom. The van der Waals surface area contributed by atoms with E-state index in [1.807, 2.05) is 45.5 Å². The lowest BCUT2D eigenvalue weighted by molar-refractivity contribution is 0.345. The van der Waals surface area contributed by atoms with Gasteiger partial charge in [-0.1, -0.05) is 31.4 Å². The third-order valence-electron chi connectivity index (χ3n) is 6.14. The maximum Gasteiger partial charge on any atom is 0.265 e. The van der Waals surface area contributed by atoms with E-state index in [4.69, 9.17) is 19.4 Å². The number of rotatable bonds is 3. The standard InChI is InChI=1S/C23H21N5O2/c29-23-19-20-22(26-18-11-5-4-10-17(18)25-20)27(13-16-9-6-12-30-16)21(19)24-14-28(23)15-7-2-1-3-8-15/h4-6,9-12,14-15H,1-3,7-8,13H2. The average Bonchev–Trinajstić information content (AvgIpc) is 3.40. The lowest BCUT2D eigenvalue weighted by Crippen LogP contribution is -2.26. The third kappa shape index (κ3) is 2.65. The summed E-state index contributed by atoms with van der Waals surface area (Å²) in [6.45, 7) is 0.444. The highest BCUT2D eigenvalue weighted by Gasteiger charge is 2.23. The van der Waals surface area contributed by atoms with Crippen molar-refractivity contribution in [1.82, 2.24) is 24.1 Å². The second kappa shape index (κ2) is 6.79. The fourth-order valence-electron chi connectivity index (χ4n) is 4.64. The number of hydrogen-bond acceptors (Lipinski definition) is 5. The summed E-state index contributed by atoms with van der Waals surface area (Å²) in [5, 5.41) is 0.544. The minimum absolute atomic E-state index is 0.0281. The maximum absolute atomic E-state index is 13.6. The number of benzene rings is 1. The van der Waals surface area contributed by atoms with Crippen molar-refractivity contribution in [2.45, 2.75) is 44.7 Å². The van der Waals surface area contributed by atoms with Gasteiger partial charge in [0.1, 0.15) is 23.0 Å². The van der Waals surface area contributed by atoms with Crippen LogP contribution >= 0.6 is 0 Å². The van der Waals surface area contributed by atoms with Crippen molar-refractivity contribution in [1.29, 1.82) is 0 Å². The molecular formula is C23H21N5O2. The molecule has 1 aromatic carbocycles. The van der Waals surface area contributed by atoms with Gasteiger partial charge in [0.2, 0.25) is 0 Å². The number of furan rings is 1. The van der Waals surface area contributed by atoms with Gasteiger partial charge in [-0.15, -0.1) is 0 Å². The van der Waals surface area contributed by atoms with E-state index in [0.717, 1.165) is 42.5 Å². The maximum atomic E-state index is 13.6. The number of nitrogens with zero attached hydrogens (tertiary/aromatic N) is 5. The zero-order valence-corrected chi connectivity index (χ0v) is 16.5. The second-order valence-electron chi connectivity index (χ2n) is 8.00. The smallest absolute Gasteiger partial charge is 0.265 e. The van der Waals surface area contributed by atoms with E-state index in [0.29, 0.717) is 28.7 Å². The Morgan fingerprint density at radius 1 is 0.967 bits per heavy atom. The summed E-state index contributed by atoms with van der Waals surface area (Å²) >= 11 is 0. The quantitative estimate of drug-likeness (QED) is 0.448. The molecule has 150 valence electrons. The molecule has 1 aliphatic rings. The molecule has 1 saturated carbocycles. The van der Waals surface area contributed by atoms with Gasteiger partial charge in [0.05, 0.1) is 23.8 Å². The first-order valence-electron chi connectivity index (χ1n) is 10.5. The van der Waals surface area contributed by atoms with Crippen molar-refractivity contribution < 1.29 is 4.42 Å². The van der Waals surface area contributed by atoms with Crippen molar-refractivity contribution in [3.05, 3.63) is 65.1 Å². The third-order valence-corrected chi connectivity index (χ3v) is 6.14. The van der Waals surface area contributed by atoms with Crippen molar-refractivity contribution in [3.63, 3.8) is 0 Å². The summed E-state index contributed by atoms with van der Waals surface area (Å²) in [5.74, 6) is 0.780. The molecule has 0 saturated heterocycles. The summed E-state index contributed by atoms with van der Waals surface area (Å²) in [5.41, 5.74) is 3.41. The normalized spacial score (nSPS) is 15.5. The summed E-state index contributed by atoms with van der Waals surface area (Å²) in [4.78, 5) is 28.0. The Hall–Kier alpha value is -3.48. The van der Waals surface area contributed by atoms with E-state index in [1.165, 1.54) is 6.42 Å².